The molecule has 0 saturated heterocycles. The zero-order valence-electron chi connectivity index (χ0n) is 16.5. The van der Waals surface area contributed by atoms with Gasteiger partial charge in [0.25, 0.3) is 5.91 Å². The van der Waals surface area contributed by atoms with Gasteiger partial charge in [-0.05, 0) is 49.1 Å². The van der Waals surface area contributed by atoms with Crippen molar-refractivity contribution in [1.82, 2.24) is 10.6 Å². The molecule has 1 aromatic rings. The normalized spacial score (nSPS) is 21.9. The highest BCUT2D eigenvalue weighted by molar-refractivity contribution is 5.94. The maximum absolute atomic E-state index is 12.4. The summed E-state index contributed by atoms with van der Waals surface area (Å²) in [5.41, 5.74) is 1.90. The largest absolute Gasteiger partial charge is 0.351 e. The topological polar surface area (TPSA) is 58.2 Å². The third-order valence-corrected chi connectivity index (χ3v) is 5.44. The molecule has 2 N–H and O–H groups in total. The van der Waals surface area contributed by atoms with E-state index in [1.165, 1.54) is 5.57 Å². The molecule has 0 heterocycles. The molecule has 1 aliphatic carbocycles. The number of carbonyl (C=O) groups is 2. The highest BCUT2D eigenvalue weighted by atomic mass is 16.2. The standard InChI is InChI=1S/C23H30N2O2/c1-5-11-24-22(26)14-19-13-21(16(2)3)20(12-17(19)4)15-25-23(27)18-9-7-6-8-10-18/h1,6-10,12,16,19-21H,11,13-15H2,2-4H3,(H,24,26)(H,25,27). The van der Waals surface area contributed by atoms with Crippen LogP contribution in [0.25, 0.3) is 0 Å². The smallest absolute Gasteiger partial charge is 0.251 e. The second-order valence-electron chi connectivity index (χ2n) is 7.68. The van der Waals surface area contributed by atoms with Crippen molar-refractivity contribution in [2.45, 2.75) is 33.6 Å². The monoisotopic (exact) mass is 366 g/mol. The Balaban J connectivity index is 2.02. The zero-order valence-corrected chi connectivity index (χ0v) is 16.5. The summed E-state index contributed by atoms with van der Waals surface area (Å²) in [4.78, 5) is 24.4. The van der Waals surface area contributed by atoms with Gasteiger partial charge in [-0.2, -0.15) is 0 Å². The van der Waals surface area contributed by atoms with Gasteiger partial charge in [0.05, 0.1) is 6.54 Å². The second kappa shape index (κ2) is 9.97. The van der Waals surface area contributed by atoms with Crippen LogP contribution in [0.1, 0.15) is 44.0 Å². The Morgan fingerprint density at radius 2 is 1.93 bits per heavy atom. The van der Waals surface area contributed by atoms with Crippen molar-refractivity contribution in [2.75, 3.05) is 13.1 Å². The molecule has 0 aliphatic heterocycles. The number of hydrogen-bond acceptors (Lipinski definition) is 2. The van der Waals surface area contributed by atoms with Crippen LogP contribution in [-0.2, 0) is 4.79 Å². The van der Waals surface area contributed by atoms with Crippen LogP contribution in [0.3, 0.4) is 0 Å². The summed E-state index contributed by atoms with van der Waals surface area (Å²) in [7, 11) is 0. The number of benzene rings is 1. The Bertz CT molecular complexity index is 716. The summed E-state index contributed by atoms with van der Waals surface area (Å²) in [5.74, 6) is 3.81. The van der Waals surface area contributed by atoms with Crippen molar-refractivity contribution in [3.63, 3.8) is 0 Å². The Hall–Kier alpha value is -2.54. The van der Waals surface area contributed by atoms with Crippen LogP contribution in [0.4, 0.5) is 0 Å². The molecule has 144 valence electrons. The van der Waals surface area contributed by atoms with E-state index in [4.69, 9.17) is 6.42 Å². The first-order chi connectivity index (χ1) is 12.9. The first-order valence-electron chi connectivity index (χ1n) is 9.64. The van der Waals surface area contributed by atoms with Crippen molar-refractivity contribution >= 4 is 11.8 Å². The van der Waals surface area contributed by atoms with Crippen LogP contribution in [-0.4, -0.2) is 24.9 Å². The van der Waals surface area contributed by atoms with Gasteiger partial charge in [0.15, 0.2) is 0 Å². The number of rotatable bonds is 7. The molecule has 0 bridgehead atoms. The van der Waals surface area contributed by atoms with Gasteiger partial charge < -0.3 is 10.6 Å². The summed E-state index contributed by atoms with van der Waals surface area (Å²) in [6.07, 6.45) is 8.88. The lowest BCUT2D eigenvalue weighted by Crippen LogP contribution is -2.37. The van der Waals surface area contributed by atoms with Gasteiger partial charge in [-0.3, -0.25) is 9.59 Å². The van der Waals surface area contributed by atoms with Gasteiger partial charge in [-0.25, -0.2) is 0 Å². The average molecular weight is 367 g/mol. The Morgan fingerprint density at radius 3 is 2.56 bits per heavy atom. The van der Waals surface area contributed by atoms with Crippen LogP contribution < -0.4 is 10.6 Å². The molecule has 27 heavy (non-hydrogen) atoms. The van der Waals surface area contributed by atoms with Crippen molar-refractivity contribution in [2.24, 2.45) is 23.7 Å². The summed E-state index contributed by atoms with van der Waals surface area (Å²) >= 11 is 0. The Morgan fingerprint density at radius 1 is 1.22 bits per heavy atom. The van der Waals surface area contributed by atoms with E-state index in [1.807, 2.05) is 30.3 Å². The van der Waals surface area contributed by atoms with Gasteiger partial charge in [0, 0.05) is 18.5 Å². The molecule has 1 aromatic carbocycles. The molecule has 0 aromatic heterocycles. The minimum Gasteiger partial charge on any atom is -0.351 e. The van der Waals surface area contributed by atoms with Gasteiger partial charge in [0.2, 0.25) is 5.91 Å². The van der Waals surface area contributed by atoms with Gasteiger partial charge in [-0.1, -0.05) is 49.6 Å². The first-order valence-corrected chi connectivity index (χ1v) is 9.64. The fraction of sp³-hybridized carbons (Fsp3) is 0.478. The van der Waals surface area contributed by atoms with E-state index in [0.717, 1.165) is 6.42 Å². The summed E-state index contributed by atoms with van der Waals surface area (Å²) in [5, 5.41) is 5.83. The average Bonchev–Trinajstić information content (AvgIpc) is 2.66. The van der Waals surface area contributed by atoms with Crippen molar-refractivity contribution in [1.29, 1.82) is 0 Å². The molecule has 2 amide bonds. The fourth-order valence-corrected chi connectivity index (χ4v) is 3.86. The predicted molar refractivity (Wildman–Crippen MR) is 109 cm³/mol. The van der Waals surface area contributed by atoms with Gasteiger partial charge in [0.1, 0.15) is 0 Å². The summed E-state index contributed by atoms with van der Waals surface area (Å²) < 4.78 is 0. The maximum Gasteiger partial charge on any atom is 0.251 e. The lowest BCUT2D eigenvalue weighted by Gasteiger charge is -2.37. The molecule has 0 radical (unpaired) electrons. The van der Waals surface area contributed by atoms with Gasteiger partial charge >= 0.3 is 0 Å². The zero-order chi connectivity index (χ0) is 19.8. The number of amides is 2. The van der Waals surface area contributed by atoms with Crippen LogP contribution in [0, 0.1) is 36.0 Å². The van der Waals surface area contributed by atoms with Crippen molar-refractivity contribution < 1.29 is 9.59 Å². The number of carbonyl (C=O) groups excluding carboxylic acids is 2. The van der Waals surface area contributed by atoms with Gasteiger partial charge in [-0.15, -0.1) is 6.42 Å². The highest BCUT2D eigenvalue weighted by Crippen LogP contribution is 2.38. The van der Waals surface area contributed by atoms with Crippen LogP contribution in [0.15, 0.2) is 42.0 Å². The Kier molecular flexibility index (Phi) is 7.67. The Labute approximate surface area is 162 Å². The summed E-state index contributed by atoms with van der Waals surface area (Å²) in [6.45, 7) is 7.39. The van der Waals surface area contributed by atoms with Crippen LogP contribution >= 0.6 is 0 Å². The van der Waals surface area contributed by atoms with E-state index >= 15 is 0 Å². The fourth-order valence-electron chi connectivity index (χ4n) is 3.86. The van der Waals surface area contributed by atoms with E-state index in [-0.39, 0.29) is 30.2 Å². The maximum atomic E-state index is 12.4. The molecule has 3 atom stereocenters. The van der Waals surface area contributed by atoms with Crippen molar-refractivity contribution in [3.8, 4) is 12.3 Å². The van der Waals surface area contributed by atoms with Crippen LogP contribution in [0.2, 0.25) is 0 Å². The molecular formula is C23H30N2O2. The molecule has 0 fully saturated rings. The quantitative estimate of drug-likeness (QED) is 0.574. The lowest BCUT2D eigenvalue weighted by atomic mass is 9.69. The van der Waals surface area contributed by atoms with E-state index in [9.17, 15) is 9.59 Å². The van der Waals surface area contributed by atoms with Crippen molar-refractivity contribution in [3.05, 3.63) is 47.5 Å². The second-order valence-corrected chi connectivity index (χ2v) is 7.68. The minimum absolute atomic E-state index is 0.00374. The number of allylic oxidation sites excluding steroid dienone is 1. The lowest BCUT2D eigenvalue weighted by molar-refractivity contribution is -0.121. The number of hydrogen-bond donors (Lipinski definition) is 2. The molecule has 0 saturated carbocycles. The van der Waals surface area contributed by atoms with E-state index < -0.39 is 0 Å². The molecule has 3 unspecified atom stereocenters. The molecule has 2 rings (SSSR count). The van der Waals surface area contributed by atoms with E-state index in [1.54, 1.807) is 0 Å². The van der Waals surface area contributed by atoms with E-state index in [0.29, 0.717) is 30.4 Å². The third-order valence-electron chi connectivity index (χ3n) is 5.44. The molecule has 0 spiro atoms. The predicted octanol–water partition coefficient (Wildman–Crippen LogP) is 3.41. The minimum atomic E-state index is -0.0417. The number of nitrogens with one attached hydrogen (secondary N) is 2. The molecule has 1 aliphatic rings. The third kappa shape index (κ3) is 5.99. The SMILES string of the molecule is C#CCNC(=O)CC1CC(C(C)C)C(CNC(=O)c2ccccc2)C=C1C. The molecule has 4 nitrogen and oxygen atoms in total. The van der Waals surface area contributed by atoms with Crippen LogP contribution in [0.5, 0.6) is 0 Å². The summed E-state index contributed by atoms with van der Waals surface area (Å²) in [6, 6.07) is 9.28. The molecular weight excluding hydrogens is 336 g/mol. The number of terminal acetylenes is 1. The first kappa shape index (κ1) is 20.8. The highest BCUT2D eigenvalue weighted by Gasteiger charge is 2.32. The van der Waals surface area contributed by atoms with E-state index in [2.05, 4.69) is 43.4 Å². The molecule has 4 heteroatoms.